The summed E-state index contributed by atoms with van der Waals surface area (Å²) in [6.07, 6.45) is -4.43. The molecule has 0 bridgehead atoms. The van der Waals surface area contributed by atoms with Crippen LogP contribution in [0.1, 0.15) is 21.4 Å². The molecule has 19 heavy (non-hydrogen) atoms. The van der Waals surface area contributed by atoms with Crippen LogP contribution in [0.4, 0.5) is 13.2 Å². The molecule has 0 fully saturated rings. The third-order valence-corrected chi connectivity index (χ3v) is 5.59. The van der Waals surface area contributed by atoms with Crippen LogP contribution in [-0.2, 0) is 6.18 Å². The van der Waals surface area contributed by atoms with E-state index in [1.165, 1.54) is 18.2 Å². The Kier molecular flexibility index (Phi) is 4.50. The van der Waals surface area contributed by atoms with Crippen LogP contribution < -0.4 is 0 Å². The third kappa shape index (κ3) is 3.27. The molecule has 0 radical (unpaired) electrons. The van der Waals surface area contributed by atoms with Crippen LogP contribution in [0.3, 0.4) is 0 Å². The summed E-state index contributed by atoms with van der Waals surface area (Å²) in [4.78, 5) is 0.565. The summed E-state index contributed by atoms with van der Waals surface area (Å²) < 4.78 is 39.8. The van der Waals surface area contributed by atoms with Crippen molar-refractivity contribution in [3.8, 4) is 0 Å². The van der Waals surface area contributed by atoms with Crippen LogP contribution in [0.25, 0.3) is 0 Å². The molecule has 0 saturated carbocycles. The summed E-state index contributed by atoms with van der Waals surface area (Å²) in [6.45, 7) is 0. The second kappa shape index (κ2) is 5.64. The van der Waals surface area contributed by atoms with Gasteiger partial charge in [0, 0.05) is 9.35 Å². The molecule has 7 heteroatoms. The van der Waals surface area contributed by atoms with Crippen LogP contribution in [-0.4, -0.2) is 0 Å². The molecular weight excluding hydrogens is 384 g/mol. The zero-order valence-corrected chi connectivity index (χ0v) is 13.1. The molecule has 1 unspecified atom stereocenters. The number of halogens is 6. The number of hydrogen-bond donors (Lipinski definition) is 0. The Hall–Kier alpha value is -0.230. The first-order chi connectivity index (χ1) is 8.80. The lowest BCUT2D eigenvalue weighted by molar-refractivity contribution is -0.138. The van der Waals surface area contributed by atoms with Gasteiger partial charge in [0.15, 0.2) is 0 Å². The van der Waals surface area contributed by atoms with E-state index < -0.39 is 17.1 Å². The van der Waals surface area contributed by atoms with E-state index in [0.29, 0.717) is 13.7 Å². The van der Waals surface area contributed by atoms with Crippen LogP contribution in [0.5, 0.6) is 0 Å². The summed E-state index contributed by atoms with van der Waals surface area (Å²) in [6, 6.07) is 6.91. The second-order valence-corrected chi connectivity index (χ2v) is 6.69. The van der Waals surface area contributed by atoms with Crippen LogP contribution in [0.2, 0.25) is 4.34 Å². The van der Waals surface area contributed by atoms with E-state index in [2.05, 4.69) is 15.9 Å². The normalized spacial score (nSPS) is 13.6. The third-order valence-electron chi connectivity index (χ3n) is 2.45. The maximum atomic E-state index is 12.9. The maximum Gasteiger partial charge on any atom is 0.416 e. The predicted octanol–water partition coefficient (Wildman–Crippen LogP) is 6.51. The van der Waals surface area contributed by atoms with Crippen LogP contribution in [0, 0.1) is 0 Å². The van der Waals surface area contributed by atoms with Crippen molar-refractivity contribution in [2.45, 2.75) is 11.6 Å². The standard InChI is InChI=1S/C12H6BrCl2F3S/c13-8-5-9(19-11(8)15)10(14)6-3-1-2-4-7(6)12(16,17)18/h1-5,10H. The zero-order valence-electron chi connectivity index (χ0n) is 9.14. The van der Waals surface area contributed by atoms with Gasteiger partial charge >= 0.3 is 6.18 Å². The monoisotopic (exact) mass is 388 g/mol. The van der Waals surface area contributed by atoms with E-state index in [1.807, 2.05) is 0 Å². The molecule has 0 spiro atoms. The molecule has 2 rings (SSSR count). The number of benzene rings is 1. The molecule has 0 N–H and O–H groups in total. The first kappa shape index (κ1) is 15.2. The molecule has 102 valence electrons. The molecule has 2 aromatic rings. The lowest BCUT2D eigenvalue weighted by Gasteiger charge is -2.15. The zero-order chi connectivity index (χ0) is 14.2. The van der Waals surface area contributed by atoms with Gasteiger partial charge in [0.1, 0.15) is 4.34 Å². The predicted molar refractivity (Wildman–Crippen MR) is 76.2 cm³/mol. The summed E-state index contributed by atoms with van der Waals surface area (Å²) in [5.41, 5.74) is -0.697. The topological polar surface area (TPSA) is 0 Å². The van der Waals surface area contributed by atoms with Crippen LogP contribution in [0.15, 0.2) is 34.8 Å². The highest BCUT2D eigenvalue weighted by Gasteiger charge is 2.35. The molecule has 1 aromatic heterocycles. The van der Waals surface area contributed by atoms with Crippen molar-refractivity contribution >= 4 is 50.5 Å². The lowest BCUT2D eigenvalue weighted by Crippen LogP contribution is -2.10. The first-order valence-corrected chi connectivity index (χ1v) is 7.48. The maximum absolute atomic E-state index is 12.9. The fourth-order valence-electron chi connectivity index (χ4n) is 1.62. The highest BCUT2D eigenvalue weighted by molar-refractivity contribution is 9.10. The molecule has 0 saturated heterocycles. The van der Waals surface area contributed by atoms with Gasteiger partial charge in [-0.25, -0.2) is 0 Å². The van der Waals surface area contributed by atoms with Crippen LogP contribution >= 0.6 is 50.5 Å². The minimum absolute atomic E-state index is 0.0297. The smallest absolute Gasteiger partial charge is 0.166 e. The Morgan fingerprint density at radius 3 is 2.37 bits per heavy atom. The largest absolute Gasteiger partial charge is 0.416 e. The van der Waals surface area contributed by atoms with Gasteiger partial charge in [-0.05, 0) is 33.6 Å². The number of alkyl halides is 4. The molecule has 0 amide bonds. The minimum atomic E-state index is -4.43. The van der Waals surface area contributed by atoms with Gasteiger partial charge in [0.2, 0.25) is 0 Å². The fourth-order valence-corrected chi connectivity index (χ4v) is 3.74. The number of thiophene rings is 1. The molecule has 1 heterocycles. The van der Waals surface area contributed by atoms with Crippen molar-refractivity contribution in [1.82, 2.24) is 0 Å². The molecule has 0 nitrogen and oxygen atoms in total. The van der Waals surface area contributed by atoms with Gasteiger partial charge in [0.05, 0.1) is 10.9 Å². The van der Waals surface area contributed by atoms with Gasteiger partial charge in [-0.2, -0.15) is 13.2 Å². The number of rotatable bonds is 2. The SMILES string of the molecule is FC(F)(F)c1ccccc1C(Cl)c1cc(Br)c(Cl)s1. The average Bonchev–Trinajstić information content (AvgIpc) is 2.68. The van der Waals surface area contributed by atoms with Crippen molar-refractivity contribution in [3.05, 3.63) is 55.1 Å². The minimum Gasteiger partial charge on any atom is -0.166 e. The van der Waals surface area contributed by atoms with E-state index in [-0.39, 0.29) is 5.56 Å². The summed E-state index contributed by atoms with van der Waals surface area (Å²) in [5.74, 6) is 0. The van der Waals surface area contributed by atoms with E-state index in [1.54, 1.807) is 6.07 Å². The highest BCUT2D eigenvalue weighted by atomic mass is 79.9. The molecule has 0 aliphatic heterocycles. The Morgan fingerprint density at radius 1 is 1.21 bits per heavy atom. The van der Waals surface area contributed by atoms with Crippen molar-refractivity contribution < 1.29 is 13.2 Å². The molecule has 0 aliphatic rings. The van der Waals surface area contributed by atoms with Gasteiger partial charge < -0.3 is 0 Å². The quantitative estimate of drug-likeness (QED) is 0.513. The Labute approximate surface area is 130 Å². The van der Waals surface area contributed by atoms with E-state index in [4.69, 9.17) is 23.2 Å². The molecule has 0 aliphatic carbocycles. The highest BCUT2D eigenvalue weighted by Crippen LogP contribution is 2.43. The van der Waals surface area contributed by atoms with Gasteiger partial charge in [-0.15, -0.1) is 22.9 Å². The number of hydrogen-bond acceptors (Lipinski definition) is 1. The first-order valence-electron chi connectivity index (χ1n) is 5.05. The molecular formula is C12H6BrCl2F3S. The van der Waals surface area contributed by atoms with Crippen molar-refractivity contribution in [2.75, 3.05) is 0 Å². The summed E-state index contributed by atoms with van der Waals surface area (Å²) >= 11 is 16.4. The van der Waals surface area contributed by atoms with Crippen molar-refractivity contribution in [3.63, 3.8) is 0 Å². The Morgan fingerprint density at radius 2 is 1.84 bits per heavy atom. The Bertz CT molecular complexity index is 575. The average molecular weight is 390 g/mol. The summed E-state index contributed by atoms with van der Waals surface area (Å²) in [5, 5.41) is -0.883. The van der Waals surface area contributed by atoms with Gasteiger partial charge in [-0.1, -0.05) is 29.8 Å². The van der Waals surface area contributed by atoms with Gasteiger partial charge in [-0.3, -0.25) is 0 Å². The van der Waals surface area contributed by atoms with Crippen molar-refractivity contribution in [2.24, 2.45) is 0 Å². The Balaban J connectivity index is 2.47. The fraction of sp³-hybridized carbons (Fsp3) is 0.167. The van der Waals surface area contributed by atoms with E-state index in [0.717, 1.165) is 17.4 Å². The molecule has 1 aromatic carbocycles. The lowest BCUT2D eigenvalue weighted by atomic mass is 10.0. The van der Waals surface area contributed by atoms with E-state index in [9.17, 15) is 13.2 Å². The summed E-state index contributed by atoms with van der Waals surface area (Å²) in [7, 11) is 0. The van der Waals surface area contributed by atoms with Gasteiger partial charge in [0.25, 0.3) is 0 Å². The van der Waals surface area contributed by atoms with Crippen molar-refractivity contribution in [1.29, 1.82) is 0 Å². The van der Waals surface area contributed by atoms with E-state index >= 15 is 0 Å². The molecule has 1 atom stereocenters. The second-order valence-electron chi connectivity index (χ2n) is 3.72.